The van der Waals surface area contributed by atoms with Crippen LogP contribution in [0, 0.1) is 5.92 Å². The van der Waals surface area contributed by atoms with Gasteiger partial charge in [0.2, 0.25) is 0 Å². The highest BCUT2D eigenvalue weighted by molar-refractivity contribution is 5.87. The third kappa shape index (κ3) is 2.42. The summed E-state index contributed by atoms with van der Waals surface area (Å²) in [5, 5.41) is 0. The molecule has 0 aromatic heterocycles. The third-order valence-electron chi connectivity index (χ3n) is 5.34. The van der Waals surface area contributed by atoms with Crippen LogP contribution in [0.5, 0.6) is 11.5 Å². The Labute approximate surface area is 137 Å². The van der Waals surface area contributed by atoms with Crippen LogP contribution < -0.4 is 9.47 Å². The van der Waals surface area contributed by atoms with Gasteiger partial charge >= 0.3 is 0 Å². The average molecular weight is 306 g/mol. The van der Waals surface area contributed by atoms with Crippen molar-refractivity contribution in [2.24, 2.45) is 5.92 Å². The van der Waals surface area contributed by atoms with Gasteiger partial charge < -0.3 is 9.47 Å². The molecule has 2 aromatic rings. The van der Waals surface area contributed by atoms with Crippen molar-refractivity contribution in [3.05, 3.63) is 59.2 Å². The van der Waals surface area contributed by atoms with Crippen LogP contribution in [0.4, 0.5) is 0 Å². The van der Waals surface area contributed by atoms with Gasteiger partial charge in [0.25, 0.3) is 0 Å². The van der Waals surface area contributed by atoms with Crippen LogP contribution in [-0.4, -0.2) is 14.2 Å². The molecule has 0 radical (unpaired) electrons. The number of hydrogen-bond acceptors (Lipinski definition) is 2. The van der Waals surface area contributed by atoms with Crippen molar-refractivity contribution in [2.45, 2.75) is 25.2 Å². The van der Waals surface area contributed by atoms with Crippen molar-refractivity contribution in [3.8, 4) is 11.5 Å². The van der Waals surface area contributed by atoms with E-state index in [1.165, 1.54) is 41.5 Å². The zero-order valence-electron chi connectivity index (χ0n) is 13.7. The van der Waals surface area contributed by atoms with Gasteiger partial charge in [-0.05, 0) is 71.2 Å². The molecule has 0 amide bonds. The summed E-state index contributed by atoms with van der Waals surface area (Å²) < 4.78 is 10.7. The van der Waals surface area contributed by atoms with Crippen molar-refractivity contribution < 1.29 is 9.47 Å². The minimum atomic E-state index is 0.627. The number of allylic oxidation sites excluding steroid dienone is 1. The molecular weight excluding hydrogens is 284 g/mol. The highest BCUT2D eigenvalue weighted by atomic mass is 16.5. The largest absolute Gasteiger partial charge is 0.497 e. The van der Waals surface area contributed by atoms with Gasteiger partial charge in [0.15, 0.2) is 0 Å². The number of hydrogen-bond donors (Lipinski definition) is 0. The molecule has 2 aliphatic rings. The summed E-state index contributed by atoms with van der Waals surface area (Å²) in [6, 6.07) is 15.0. The Morgan fingerprint density at radius 1 is 0.826 bits per heavy atom. The lowest BCUT2D eigenvalue weighted by atomic mass is 9.74. The minimum Gasteiger partial charge on any atom is -0.497 e. The first-order valence-corrected chi connectivity index (χ1v) is 8.34. The Bertz CT molecular complexity index is 743. The summed E-state index contributed by atoms with van der Waals surface area (Å²) in [7, 11) is 3.46. The SMILES string of the molecule is COc1ccc(C2=Cc3ccc(OC)cc3C3CCCC23)cc1. The summed E-state index contributed by atoms with van der Waals surface area (Å²) in [6.45, 7) is 0. The molecule has 0 saturated heterocycles. The fraction of sp³-hybridized carbons (Fsp3) is 0.333. The van der Waals surface area contributed by atoms with Crippen LogP contribution in [0.15, 0.2) is 42.5 Å². The van der Waals surface area contributed by atoms with Crippen molar-refractivity contribution in [1.82, 2.24) is 0 Å². The molecule has 2 aromatic carbocycles. The van der Waals surface area contributed by atoms with E-state index in [0.29, 0.717) is 11.8 Å². The molecule has 2 atom stereocenters. The Morgan fingerprint density at radius 2 is 1.52 bits per heavy atom. The van der Waals surface area contributed by atoms with Crippen LogP contribution in [0.3, 0.4) is 0 Å². The Balaban J connectivity index is 1.80. The smallest absolute Gasteiger partial charge is 0.119 e. The van der Waals surface area contributed by atoms with Crippen LogP contribution in [-0.2, 0) is 0 Å². The maximum Gasteiger partial charge on any atom is 0.119 e. The third-order valence-corrected chi connectivity index (χ3v) is 5.34. The fourth-order valence-corrected chi connectivity index (χ4v) is 4.19. The molecule has 1 fully saturated rings. The molecule has 4 rings (SSSR count). The van der Waals surface area contributed by atoms with Gasteiger partial charge in [-0.3, -0.25) is 0 Å². The summed E-state index contributed by atoms with van der Waals surface area (Å²) in [5.41, 5.74) is 5.61. The van der Waals surface area contributed by atoms with Gasteiger partial charge in [-0.2, -0.15) is 0 Å². The van der Waals surface area contributed by atoms with E-state index in [4.69, 9.17) is 9.47 Å². The van der Waals surface area contributed by atoms with Crippen molar-refractivity contribution in [2.75, 3.05) is 14.2 Å². The normalized spacial score (nSPS) is 22.1. The van der Waals surface area contributed by atoms with Gasteiger partial charge in [-0.25, -0.2) is 0 Å². The first-order chi connectivity index (χ1) is 11.3. The molecule has 0 aliphatic heterocycles. The molecule has 0 spiro atoms. The maximum atomic E-state index is 5.43. The van der Waals surface area contributed by atoms with Crippen LogP contribution in [0.1, 0.15) is 41.9 Å². The summed E-state index contributed by atoms with van der Waals surface area (Å²) in [6.07, 6.45) is 6.24. The highest BCUT2D eigenvalue weighted by Crippen LogP contribution is 2.52. The number of fused-ring (bicyclic) bond motifs is 3. The second-order valence-corrected chi connectivity index (χ2v) is 6.47. The van der Waals surface area contributed by atoms with Gasteiger partial charge in [0.1, 0.15) is 11.5 Å². The first-order valence-electron chi connectivity index (χ1n) is 8.34. The molecular formula is C21H22O2. The molecule has 1 saturated carbocycles. The van der Waals surface area contributed by atoms with Gasteiger partial charge in [0.05, 0.1) is 14.2 Å². The topological polar surface area (TPSA) is 18.5 Å². The minimum absolute atomic E-state index is 0.627. The van der Waals surface area contributed by atoms with E-state index >= 15 is 0 Å². The summed E-state index contributed by atoms with van der Waals surface area (Å²) in [4.78, 5) is 0. The van der Waals surface area contributed by atoms with E-state index in [2.05, 4.69) is 48.5 Å². The predicted molar refractivity (Wildman–Crippen MR) is 93.9 cm³/mol. The van der Waals surface area contributed by atoms with E-state index in [1.807, 2.05) is 0 Å². The Kier molecular flexibility index (Phi) is 3.60. The summed E-state index contributed by atoms with van der Waals surface area (Å²) >= 11 is 0. The molecule has 0 N–H and O–H groups in total. The van der Waals surface area contributed by atoms with E-state index < -0.39 is 0 Å². The van der Waals surface area contributed by atoms with Crippen LogP contribution in [0.25, 0.3) is 11.6 Å². The Morgan fingerprint density at radius 3 is 2.26 bits per heavy atom. The molecule has 2 heteroatoms. The monoisotopic (exact) mass is 306 g/mol. The van der Waals surface area contributed by atoms with Gasteiger partial charge in [-0.15, -0.1) is 0 Å². The van der Waals surface area contributed by atoms with Gasteiger partial charge in [-0.1, -0.05) is 30.7 Å². The van der Waals surface area contributed by atoms with Crippen molar-refractivity contribution >= 4 is 11.6 Å². The standard InChI is InChI=1S/C21H22O2/c1-22-16-9-6-14(7-10-16)20-12-15-8-11-17(23-2)13-21(15)19-5-3-4-18(19)20/h6-13,18-19H,3-5H2,1-2H3. The van der Waals surface area contributed by atoms with E-state index in [9.17, 15) is 0 Å². The van der Waals surface area contributed by atoms with Crippen molar-refractivity contribution in [1.29, 1.82) is 0 Å². The molecule has 0 bridgehead atoms. The van der Waals surface area contributed by atoms with Crippen LogP contribution >= 0.6 is 0 Å². The number of ether oxygens (including phenoxy) is 2. The van der Waals surface area contributed by atoms with Gasteiger partial charge in [0, 0.05) is 0 Å². The maximum absolute atomic E-state index is 5.43. The Hall–Kier alpha value is -2.22. The quantitative estimate of drug-likeness (QED) is 0.781. The van der Waals surface area contributed by atoms with E-state index in [0.717, 1.165) is 11.5 Å². The zero-order valence-corrected chi connectivity index (χ0v) is 13.7. The van der Waals surface area contributed by atoms with Crippen LogP contribution in [0.2, 0.25) is 0 Å². The lowest BCUT2D eigenvalue weighted by Crippen LogP contribution is -2.14. The first kappa shape index (κ1) is 14.4. The molecule has 2 nitrogen and oxygen atoms in total. The average Bonchev–Trinajstić information content (AvgIpc) is 3.11. The molecule has 2 unspecified atom stereocenters. The predicted octanol–water partition coefficient (Wildman–Crippen LogP) is 5.14. The van der Waals surface area contributed by atoms with E-state index in [-0.39, 0.29) is 0 Å². The molecule has 0 heterocycles. The summed E-state index contributed by atoms with van der Waals surface area (Å²) in [5.74, 6) is 3.14. The second kappa shape index (κ2) is 5.77. The second-order valence-electron chi connectivity index (χ2n) is 6.47. The molecule has 2 aliphatic carbocycles. The lowest BCUT2D eigenvalue weighted by Gasteiger charge is -2.30. The zero-order chi connectivity index (χ0) is 15.8. The molecule has 118 valence electrons. The van der Waals surface area contributed by atoms with E-state index in [1.54, 1.807) is 14.2 Å². The number of benzene rings is 2. The van der Waals surface area contributed by atoms with Crippen molar-refractivity contribution in [3.63, 3.8) is 0 Å². The fourth-order valence-electron chi connectivity index (χ4n) is 4.19. The number of methoxy groups -OCH3 is 2. The lowest BCUT2D eigenvalue weighted by molar-refractivity contribution is 0.413. The highest BCUT2D eigenvalue weighted by Gasteiger charge is 2.35. The molecule has 23 heavy (non-hydrogen) atoms. The number of rotatable bonds is 3.